The molecule has 0 aliphatic carbocycles. The number of thiophene rings is 1. The summed E-state index contributed by atoms with van der Waals surface area (Å²) < 4.78 is 44.0. The predicted molar refractivity (Wildman–Crippen MR) is 94.1 cm³/mol. The van der Waals surface area contributed by atoms with E-state index >= 15 is 0 Å². The highest BCUT2D eigenvalue weighted by Crippen LogP contribution is 2.33. The van der Waals surface area contributed by atoms with Crippen molar-refractivity contribution in [3.8, 4) is 0 Å². The zero-order valence-electron chi connectivity index (χ0n) is 14.8. The number of alkyl halides is 3. The minimum Gasteiger partial charge on any atom is -0.462 e. The number of esters is 1. The Labute approximate surface area is 156 Å². The van der Waals surface area contributed by atoms with Crippen molar-refractivity contribution in [3.05, 3.63) is 50.3 Å². The molecule has 10 heteroatoms. The maximum atomic E-state index is 12.8. The maximum Gasteiger partial charge on any atom is 0.417 e. The SMILES string of the molecule is CCOC(=O)c1c(NC(=O)Cn2cc(C(F)(F)F)ccc2=O)sc(C)c1C. The van der Waals surface area contributed by atoms with E-state index in [9.17, 15) is 27.6 Å². The summed E-state index contributed by atoms with van der Waals surface area (Å²) in [5.74, 6) is -1.34. The fourth-order valence-corrected chi connectivity index (χ4v) is 3.37. The Kier molecular flexibility index (Phi) is 6.09. The van der Waals surface area contributed by atoms with Gasteiger partial charge in [0.1, 0.15) is 11.5 Å². The van der Waals surface area contributed by atoms with E-state index in [2.05, 4.69) is 5.32 Å². The normalized spacial score (nSPS) is 11.3. The average molecular weight is 402 g/mol. The number of ether oxygens (including phenoxy) is 1. The third-order valence-corrected chi connectivity index (χ3v) is 4.87. The molecule has 0 saturated heterocycles. The van der Waals surface area contributed by atoms with Gasteiger partial charge in [0.2, 0.25) is 5.91 Å². The van der Waals surface area contributed by atoms with Gasteiger partial charge in [-0.05, 0) is 32.4 Å². The number of hydrogen-bond acceptors (Lipinski definition) is 5. The van der Waals surface area contributed by atoms with Gasteiger partial charge in [-0.1, -0.05) is 0 Å². The monoisotopic (exact) mass is 402 g/mol. The molecule has 0 fully saturated rings. The van der Waals surface area contributed by atoms with Crippen LogP contribution in [0.15, 0.2) is 23.1 Å². The lowest BCUT2D eigenvalue weighted by molar-refractivity contribution is -0.138. The number of pyridine rings is 1. The van der Waals surface area contributed by atoms with Crippen LogP contribution in [-0.4, -0.2) is 23.1 Å². The lowest BCUT2D eigenvalue weighted by Gasteiger charge is -2.11. The summed E-state index contributed by atoms with van der Waals surface area (Å²) in [6.07, 6.45) is -4.05. The van der Waals surface area contributed by atoms with Crippen LogP contribution in [0.2, 0.25) is 0 Å². The number of halogens is 3. The molecule has 0 aromatic carbocycles. The van der Waals surface area contributed by atoms with Crippen molar-refractivity contribution in [3.63, 3.8) is 0 Å². The van der Waals surface area contributed by atoms with E-state index < -0.39 is 35.7 Å². The highest BCUT2D eigenvalue weighted by molar-refractivity contribution is 7.16. The molecule has 0 aliphatic rings. The highest BCUT2D eigenvalue weighted by Gasteiger charge is 2.31. The van der Waals surface area contributed by atoms with Crippen molar-refractivity contribution >= 4 is 28.2 Å². The van der Waals surface area contributed by atoms with E-state index in [1.54, 1.807) is 20.8 Å². The zero-order chi connectivity index (χ0) is 20.4. The molecule has 0 spiro atoms. The molecule has 0 saturated carbocycles. The number of carbonyl (C=O) groups excluding carboxylic acids is 2. The summed E-state index contributed by atoms with van der Waals surface area (Å²) in [5, 5.41) is 2.71. The smallest absolute Gasteiger partial charge is 0.417 e. The Morgan fingerprint density at radius 3 is 2.52 bits per heavy atom. The van der Waals surface area contributed by atoms with Gasteiger partial charge >= 0.3 is 12.1 Å². The first-order valence-electron chi connectivity index (χ1n) is 7.89. The predicted octanol–water partition coefficient (Wildman–Crippen LogP) is 3.36. The summed E-state index contributed by atoms with van der Waals surface area (Å²) >= 11 is 1.15. The van der Waals surface area contributed by atoms with Crippen molar-refractivity contribution in [1.29, 1.82) is 0 Å². The van der Waals surface area contributed by atoms with Gasteiger partial charge in [0.25, 0.3) is 5.56 Å². The molecule has 1 amide bonds. The third-order valence-electron chi connectivity index (χ3n) is 3.74. The number of rotatable bonds is 5. The van der Waals surface area contributed by atoms with Crippen LogP contribution < -0.4 is 10.9 Å². The fraction of sp³-hybridized carbons (Fsp3) is 0.353. The summed E-state index contributed by atoms with van der Waals surface area (Å²) in [6, 6.07) is 1.40. The molecule has 6 nitrogen and oxygen atoms in total. The van der Waals surface area contributed by atoms with Crippen molar-refractivity contribution in [2.75, 3.05) is 11.9 Å². The van der Waals surface area contributed by atoms with Crippen LogP contribution in [0.5, 0.6) is 0 Å². The van der Waals surface area contributed by atoms with E-state index in [-0.39, 0.29) is 17.2 Å². The first kappa shape index (κ1) is 20.7. The van der Waals surface area contributed by atoms with Gasteiger partial charge in [-0.15, -0.1) is 11.3 Å². The van der Waals surface area contributed by atoms with E-state index in [1.165, 1.54) is 0 Å². The molecule has 27 heavy (non-hydrogen) atoms. The number of hydrogen-bond donors (Lipinski definition) is 1. The van der Waals surface area contributed by atoms with E-state index in [1.807, 2.05) is 0 Å². The Balaban J connectivity index is 2.26. The van der Waals surface area contributed by atoms with Crippen LogP contribution >= 0.6 is 11.3 Å². The molecule has 0 atom stereocenters. The van der Waals surface area contributed by atoms with Crippen molar-refractivity contribution < 1.29 is 27.5 Å². The molecule has 2 rings (SSSR count). The summed E-state index contributed by atoms with van der Waals surface area (Å²) in [6.45, 7) is 4.63. The van der Waals surface area contributed by atoms with Gasteiger partial charge in [-0.2, -0.15) is 13.2 Å². The number of nitrogens with zero attached hydrogens (tertiary/aromatic N) is 1. The van der Waals surface area contributed by atoms with E-state index in [0.717, 1.165) is 22.3 Å². The number of amides is 1. The quantitative estimate of drug-likeness (QED) is 0.778. The Morgan fingerprint density at radius 1 is 1.26 bits per heavy atom. The first-order chi connectivity index (χ1) is 12.5. The third kappa shape index (κ3) is 4.76. The number of aromatic nitrogens is 1. The molecule has 1 N–H and O–H groups in total. The molecule has 0 radical (unpaired) electrons. The highest BCUT2D eigenvalue weighted by atomic mass is 32.1. The second-order valence-corrected chi connectivity index (χ2v) is 6.86. The van der Waals surface area contributed by atoms with Gasteiger partial charge in [0, 0.05) is 17.1 Å². The topological polar surface area (TPSA) is 77.4 Å². The van der Waals surface area contributed by atoms with E-state index in [0.29, 0.717) is 22.4 Å². The minimum atomic E-state index is -4.63. The van der Waals surface area contributed by atoms with Crippen LogP contribution in [0.4, 0.5) is 18.2 Å². The van der Waals surface area contributed by atoms with Crippen LogP contribution in [0.3, 0.4) is 0 Å². The molecule has 146 valence electrons. The van der Waals surface area contributed by atoms with Crippen molar-refractivity contribution in [2.24, 2.45) is 0 Å². The van der Waals surface area contributed by atoms with Crippen molar-refractivity contribution in [1.82, 2.24) is 4.57 Å². The molecule has 0 aliphatic heterocycles. The summed E-state index contributed by atoms with van der Waals surface area (Å²) in [5.41, 5.74) is -0.943. The maximum absolute atomic E-state index is 12.8. The molecular weight excluding hydrogens is 385 g/mol. The largest absolute Gasteiger partial charge is 0.462 e. The molecule has 0 unspecified atom stereocenters. The first-order valence-corrected chi connectivity index (χ1v) is 8.70. The second-order valence-electron chi connectivity index (χ2n) is 5.64. The minimum absolute atomic E-state index is 0.153. The van der Waals surface area contributed by atoms with Gasteiger partial charge in [-0.3, -0.25) is 9.59 Å². The number of nitrogens with one attached hydrogen (secondary N) is 1. The van der Waals surface area contributed by atoms with Crippen LogP contribution in [-0.2, 0) is 22.3 Å². The lowest BCUT2D eigenvalue weighted by atomic mass is 10.1. The van der Waals surface area contributed by atoms with Gasteiger partial charge in [0.05, 0.1) is 17.7 Å². The van der Waals surface area contributed by atoms with Gasteiger partial charge < -0.3 is 14.6 Å². The Hall–Kier alpha value is -2.62. The van der Waals surface area contributed by atoms with Crippen LogP contribution in [0.1, 0.15) is 33.3 Å². The summed E-state index contributed by atoms with van der Waals surface area (Å²) in [7, 11) is 0. The molecular formula is C17H17F3N2O4S. The standard InChI is InChI=1S/C17H17F3N2O4S/c1-4-26-16(25)14-9(2)10(3)27-15(14)21-12(23)8-22-7-11(17(18,19)20)5-6-13(22)24/h5-7H,4,8H2,1-3H3,(H,21,23). The van der Waals surface area contributed by atoms with E-state index in [4.69, 9.17) is 4.74 Å². The second kappa shape index (κ2) is 7.95. The average Bonchev–Trinajstić information content (AvgIpc) is 2.82. The molecule has 2 aromatic heterocycles. The lowest BCUT2D eigenvalue weighted by Crippen LogP contribution is -2.28. The Morgan fingerprint density at radius 2 is 1.93 bits per heavy atom. The number of aryl methyl sites for hydroxylation is 1. The molecule has 0 bridgehead atoms. The molecule has 2 aromatic rings. The Bertz CT molecular complexity index is 931. The van der Waals surface area contributed by atoms with Crippen molar-refractivity contribution in [2.45, 2.75) is 33.5 Å². The molecule has 2 heterocycles. The number of anilines is 1. The number of carbonyl (C=O) groups is 2. The van der Waals surface area contributed by atoms with Gasteiger partial charge in [-0.25, -0.2) is 4.79 Å². The fourth-order valence-electron chi connectivity index (χ4n) is 2.31. The summed E-state index contributed by atoms with van der Waals surface area (Å²) in [4.78, 5) is 36.9. The zero-order valence-corrected chi connectivity index (χ0v) is 15.6. The van der Waals surface area contributed by atoms with Gasteiger partial charge in [0.15, 0.2) is 0 Å². The van der Waals surface area contributed by atoms with Crippen LogP contribution in [0.25, 0.3) is 0 Å². The van der Waals surface area contributed by atoms with Crippen LogP contribution in [0, 0.1) is 13.8 Å².